The van der Waals surface area contributed by atoms with E-state index in [9.17, 15) is 8.42 Å². The van der Waals surface area contributed by atoms with Gasteiger partial charge in [0.05, 0.1) is 19.0 Å². The Morgan fingerprint density at radius 1 is 1.11 bits per heavy atom. The average Bonchev–Trinajstić information content (AvgIpc) is 2.69. The second kappa shape index (κ2) is 8.61. The van der Waals surface area contributed by atoms with Gasteiger partial charge in [0.2, 0.25) is 15.9 Å². The number of fused-ring (bicyclic) bond motifs is 5. The van der Waals surface area contributed by atoms with Crippen LogP contribution in [0.1, 0.15) is 50.1 Å². The predicted octanol–water partition coefficient (Wildman–Crippen LogP) is 1.29. The second-order valence-electron chi connectivity index (χ2n) is 8.14. The van der Waals surface area contributed by atoms with Gasteiger partial charge < -0.3 is 9.47 Å². The van der Waals surface area contributed by atoms with Crippen LogP contribution in [0.4, 0.5) is 0 Å². The Balaban J connectivity index is 1.55. The lowest BCUT2D eigenvalue weighted by atomic mass is 9.85. The molecule has 8 nitrogen and oxygen atoms in total. The van der Waals surface area contributed by atoms with Crippen molar-refractivity contribution in [3.63, 3.8) is 0 Å². The summed E-state index contributed by atoms with van der Waals surface area (Å²) in [5, 5.41) is 0. The Morgan fingerprint density at radius 2 is 1.89 bits per heavy atom. The molecule has 2 fully saturated rings. The van der Waals surface area contributed by atoms with Gasteiger partial charge in [-0.1, -0.05) is 0 Å². The van der Waals surface area contributed by atoms with Gasteiger partial charge in [0, 0.05) is 36.9 Å². The summed E-state index contributed by atoms with van der Waals surface area (Å²) in [7, 11) is -3.26. The summed E-state index contributed by atoms with van der Waals surface area (Å²) in [6.07, 6.45) is 10.7. The highest BCUT2D eigenvalue weighted by molar-refractivity contribution is 7.88. The predicted molar refractivity (Wildman–Crippen MR) is 105 cm³/mol. The van der Waals surface area contributed by atoms with E-state index in [1.807, 2.05) is 0 Å². The fraction of sp³-hybridized carbons (Fsp3) is 0.789. The minimum absolute atomic E-state index is 0.0203. The lowest BCUT2D eigenvalue weighted by molar-refractivity contribution is -0.0285. The summed E-state index contributed by atoms with van der Waals surface area (Å²) >= 11 is 0. The highest BCUT2D eigenvalue weighted by atomic mass is 32.2. The molecule has 28 heavy (non-hydrogen) atoms. The molecule has 1 aromatic heterocycles. The summed E-state index contributed by atoms with van der Waals surface area (Å²) in [6.45, 7) is 2.68. The first-order valence-electron chi connectivity index (χ1n) is 10.3. The summed E-state index contributed by atoms with van der Waals surface area (Å²) in [5.74, 6) is 1.01. The van der Waals surface area contributed by atoms with Crippen molar-refractivity contribution in [1.29, 1.82) is 0 Å². The monoisotopic (exact) mass is 410 g/mol. The lowest BCUT2D eigenvalue weighted by Gasteiger charge is -2.41. The molecular weight excluding hydrogens is 380 g/mol. The van der Waals surface area contributed by atoms with E-state index in [0.717, 1.165) is 50.8 Å². The van der Waals surface area contributed by atoms with Crippen LogP contribution in [0.2, 0.25) is 0 Å². The third-order valence-electron chi connectivity index (χ3n) is 6.13. The van der Waals surface area contributed by atoms with Crippen molar-refractivity contribution in [3.8, 4) is 5.88 Å². The lowest BCUT2D eigenvalue weighted by Crippen LogP contribution is -2.58. The van der Waals surface area contributed by atoms with Gasteiger partial charge >= 0.3 is 0 Å². The number of rotatable bonds is 2. The van der Waals surface area contributed by atoms with E-state index in [1.165, 1.54) is 6.26 Å². The molecule has 0 spiro atoms. The SMILES string of the molecule is CS(=O)(=O)NC1CCCN2CCOc3nccnc3C3CCC(CC3)OC[C@@H]12. The van der Waals surface area contributed by atoms with Gasteiger partial charge in [-0.25, -0.2) is 18.1 Å². The molecule has 5 rings (SSSR count). The third kappa shape index (κ3) is 4.82. The number of aromatic nitrogens is 2. The number of piperidine rings is 1. The third-order valence-corrected chi connectivity index (χ3v) is 6.86. The van der Waals surface area contributed by atoms with Crippen LogP contribution in [0.25, 0.3) is 0 Å². The van der Waals surface area contributed by atoms with Crippen LogP contribution in [0.3, 0.4) is 0 Å². The zero-order valence-corrected chi connectivity index (χ0v) is 17.2. The minimum Gasteiger partial charge on any atom is -0.475 e. The van der Waals surface area contributed by atoms with Crippen LogP contribution < -0.4 is 9.46 Å². The zero-order valence-electron chi connectivity index (χ0n) is 16.4. The van der Waals surface area contributed by atoms with Crippen molar-refractivity contribution >= 4 is 10.0 Å². The molecule has 3 aliphatic heterocycles. The van der Waals surface area contributed by atoms with Gasteiger partial charge in [-0.05, 0) is 45.1 Å². The van der Waals surface area contributed by atoms with Gasteiger partial charge in [0.15, 0.2) is 0 Å². The first-order valence-corrected chi connectivity index (χ1v) is 12.2. The van der Waals surface area contributed by atoms with Gasteiger partial charge in [-0.3, -0.25) is 9.88 Å². The average molecular weight is 411 g/mol. The fourth-order valence-electron chi connectivity index (χ4n) is 4.76. The Hall–Kier alpha value is -1.29. The number of hydrogen-bond acceptors (Lipinski definition) is 7. The largest absolute Gasteiger partial charge is 0.475 e. The fourth-order valence-corrected chi connectivity index (χ4v) is 5.59. The summed E-state index contributed by atoms with van der Waals surface area (Å²) in [5.41, 5.74) is 0.965. The number of sulfonamides is 1. The number of ether oxygens (including phenoxy) is 2. The summed E-state index contributed by atoms with van der Waals surface area (Å²) in [4.78, 5) is 11.3. The topological polar surface area (TPSA) is 93.7 Å². The van der Waals surface area contributed by atoms with E-state index in [-0.39, 0.29) is 18.2 Å². The molecule has 1 aromatic rings. The van der Waals surface area contributed by atoms with Gasteiger partial charge in [0.1, 0.15) is 12.3 Å². The Morgan fingerprint density at radius 3 is 2.68 bits per heavy atom. The van der Waals surface area contributed by atoms with Crippen LogP contribution in [-0.4, -0.2) is 74.0 Å². The highest BCUT2D eigenvalue weighted by Crippen LogP contribution is 2.36. The molecule has 4 heterocycles. The molecule has 0 amide bonds. The normalized spacial score (nSPS) is 32.2. The van der Waals surface area contributed by atoms with Crippen LogP contribution in [-0.2, 0) is 14.8 Å². The molecule has 1 unspecified atom stereocenters. The molecule has 4 aliphatic rings. The number of nitrogens with one attached hydrogen (secondary N) is 1. The first kappa shape index (κ1) is 20.0. The zero-order chi connectivity index (χ0) is 19.6. The van der Waals surface area contributed by atoms with E-state index >= 15 is 0 Å². The number of hydrogen-bond donors (Lipinski definition) is 1. The van der Waals surface area contributed by atoms with E-state index in [4.69, 9.17) is 9.47 Å². The molecule has 1 N–H and O–H groups in total. The number of nitrogens with zero attached hydrogens (tertiary/aromatic N) is 3. The maximum absolute atomic E-state index is 11.9. The van der Waals surface area contributed by atoms with E-state index < -0.39 is 10.0 Å². The standard InChI is InChI=1S/C19H30N4O4S/c1-28(24,25)22-16-3-2-10-23-11-12-26-19-18(20-8-9-21-19)14-4-6-15(7-5-14)27-13-17(16)23/h8-9,14-17,22H,2-7,10-13H2,1H3/t14?,15?,16?,17-/m0/s1. The molecule has 0 aromatic carbocycles. The van der Waals surface area contributed by atoms with Gasteiger partial charge in [0.25, 0.3) is 0 Å². The maximum Gasteiger partial charge on any atom is 0.235 e. The first-order chi connectivity index (χ1) is 13.5. The summed E-state index contributed by atoms with van der Waals surface area (Å²) < 4.78 is 38.9. The van der Waals surface area contributed by atoms with Crippen LogP contribution in [0.15, 0.2) is 12.4 Å². The van der Waals surface area contributed by atoms with Crippen LogP contribution in [0, 0.1) is 0 Å². The van der Waals surface area contributed by atoms with E-state index in [0.29, 0.717) is 31.6 Å². The molecule has 0 radical (unpaired) electrons. The summed E-state index contributed by atoms with van der Waals surface area (Å²) in [6, 6.07) is -0.107. The molecule has 1 saturated carbocycles. The van der Waals surface area contributed by atoms with Gasteiger partial charge in [-0.2, -0.15) is 0 Å². The van der Waals surface area contributed by atoms with E-state index in [2.05, 4.69) is 19.6 Å². The molecule has 156 valence electrons. The van der Waals surface area contributed by atoms with Gasteiger partial charge in [-0.15, -0.1) is 0 Å². The molecule has 2 bridgehead atoms. The maximum atomic E-state index is 11.9. The minimum atomic E-state index is -3.26. The van der Waals surface area contributed by atoms with Crippen LogP contribution >= 0.6 is 0 Å². The Kier molecular flexibility index (Phi) is 6.15. The molecule has 9 heteroatoms. The van der Waals surface area contributed by atoms with Crippen molar-refractivity contribution in [2.75, 3.05) is 32.6 Å². The van der Waals surface area contributed by atoms with Crippen LogP contribution in [0.5, 0.6) is 5.88 Å². The van der Waals surface area contributed by atoms with E-state index in [1.54, 1.807) is 12.4 Å². The molecule has 1 saturated heterocycles. The van der Waals surface area contributed by atoms with Crippen molar-refractivity contribution in [2.45, 2.75) is 62.6 Å². The Bertz CT molecular complexity index is 767. The quantitative estimate of drug-likeness (QED) is 0.785. The molecular formula is C19H30N4O4S. The second-order valence-corrected chi connectivity index (χ2v) is 9.92. The van der Waals surface area contributed by atoms with Crippen molar-refractivity contribution in [3.05, 3.63) is 18.1 Å². The highest BCUT2D eigenvalue weighted by Gasteiger charge is 2.35. The van der Waals surface area contributed by atoms with Crippen molar-refractivity contribution < 1.29 is 17.9 Å². The van der Waals surface area contributed by atoms with Crippen molar-refractivity contribution in [2.24, 2.45) is 0 Å². The molecule has 1 aliphatic carbocycles. The molecule has 2 atom stereocenters. The smallest absolute Gasteiger partial charge is 0.235 e. The Labute approximate surface area is 167 Å². The van der Waals surface area contributed by atoms with Crippen molar-refractivity contribution in [1.82, 2.24) is 19.6 Å².